The Kier molecular flexibility index (Phi) is 6.87. The summed E-state index contributed by atoms with van der Waals surface area (Å²) in [6, 6.07) is 8.05. The van der Waals surface area contributed by atoms with E-state index in [1.807, 2.05) is 19.9 Å². The van der Waals surface area contributed by atoms with Crippen LogP contribution in [0.1, 0.15) is 36.3 Å². The maximum atomic E-state index is 12.5. The van der Waals surface area contributed by atoms with Crippen LogP contribution in [-0.4, -0.2) is 42.6 Å². The van der Waals surface area contributed by atoms with Gasteiger partial charge in [0.1, 0.15) is 6.04 Å². The van der Waals surface area contributed by atoms with Crippen LogP contribution >= 0.6 is 0 Å². The number of nitrogens with one attached hydrogen (secondary N) is 1. The van der Waals surface area contributed by atoms with E-state index in [-0.39, 0.29) is 5.92 Å². The SMILES string of the molecule is CC[C@H](C)[C@H](NC(=O)COC(=O)c1cc(C)nc2ccccc12)C(=O)OC. The van der Waals surface area contributed by atoms with E-state index in [2.05, 4.69) is 10.3 Å². The number of methoxy groups -OCH3 is 1. The summed E-state index contributed by atoms with van der Waals surface area (Å²) in [5.74, 6) is -1.82. The number of aryl methyl sites for hydroxylation is 1. The van der Waals surface area contributed by atoms with Crippen molar-refractivity contribution in [1.29, 1.82) is 0 Å². The summed E-state index contributed by atoms with van der Waals surface area (Å²) >= 11 is 0. The van der Waals surface area contributed by atoms with Crippen LogP contribution in [0.25, 0.3) is 10.9 Å². The minimum atomic E-state index is -0.782. The van der Waals surface area contributed by atoms with Crippen molar-refractivity contribution in [2.45, 2.75) is 33.2 Å². The molecule has 0 bridgehead atoms. The van der Waals surface area contributed by atoms with Gasteiger partial charge in [0.05, 0.1) is 18.2 Å². The Labute approximate surface area is 158 Å². The van der Waals surface area contributed by atoms with Gasteiger partial charge in [-0.3, -0.25) is 9.78 Å². The Bertz CT molecular complexity index is 849. The van der Waals surface area contributed by atoms with Crippen molar-refractivity contribution in [2.75, 3.05) is 13.7 Å². The van der Waals surface area contributed by atoms with Crippen molar-refractivity contribution < 1.29 is 23.9 Å². The molecular weight excluding hydrogens is 348 g/mol. The number of aromatic nitrogens is 1. The minimum Gasteiger partial charge on any atom is -0.467 e. The first kappa shape index (κ1) is 20.4. The zero-order valence-corrected chi connectivity index (χ0v) is 15.9. The second-order valence-corrected chi connectivity index (χ2v) is 6.36. The van der Waals surface area contributed by atoms with E-state index in [1.54, 1.807) is 31.2 Å². The molecule has 2 rings (SSSR count). The Morgan fingerprint density at radius 2 is 1.93 bits per heavy atom. The predicted octanol–water partition coefficient (Wildman–Crippen LogP) is 2.40. The lowest BCUT2D eigenvalue weighted by atomic mass is 9.99. The lowest BCUT2D eigenvalue weighted by Crippen LogP contribution is -2.47. The van der Waals surface area contributed by atoms with E-state index in [0.29, 0.717) is 28.6 Å². The van der Waals surface area contributed by atoms with E-state index in [1.165, 1.54) is 7.11 Å². The molecule has 1 N–H and O–H groups in total. The standard InChI is InChI=1S/C20H24N2O5/c1-5-12(2)18(20(25)26-4)22-17(23)11-27-19(24)15-10-13(3)21-16-9-7-6-8-14(15)16/h6-10,12,18H,5,11H2,1-4H3,(H,22,23)/t12-,18-/m0/s1. The van der Waals surface area contributed by atoms with Gasteiger partial charge in [0.25, 0.3) is 5.91 Å². The number of amides is 1. The molecule has 1 aromatic heterocycles. The van der Waals surface area contributed by atoms with Crippen molar-refractivity contribution in [3.8, 4) is 0 Å². The zero-order chi connectivity index (χ0) is 20.0. The Hall–Kier alpha value is -2.96. The van der Waals surface area contributed by atoms with Crippen LogP contribution in [0.2, 0.25) is 0 Å². The highest BCUT2D eigenvalue weighted by atomic mass is 16.5. The van der Waals surface area contributed by atoms with E-state index in [0.717, 1.165) is 0 Å². The van der Waals surface area contributed by atoms with Crippen molar-refractivity contribution >= 4 is 28.7 Å². The molecule has 0 radical (unpaired) electrons. The first-order chi connectivity index (χ1) is 12.9. The highest BCUT2D eigenvalue weighted by Gasteiger charge is 2.27. The largest absolute Gasteiger partial charge is 0.467 e. The molecule has 7 heteroatoms. The topological polar surface area (TPSA) is 94.6 Å². The highest BCUT2D eigenvalue weighted by molar-refractivity contribution is 6.04. The van der Waals surface area contributed by atoms with Crippen LogP contribution < -0.4 is 5.32 Å². The van der Waals surface area contributed by atoms with E-state index >= 15 is 0 Å². The molecule has 2 atom stereocenters. The fourth-order valence-corrected chi connectivity index (χ4v) is 2.70. The van der Waals surface area contributed by atoms with Gasteiger partial charge in [-0.05, 0) is 25.0 Å². The van der Waals surface area contributed by atoms with Crippen LogP contribution in [-0.2, 0) is 19.1 Å². The second kappa shape index (κ2) is 9.12. The molecule has 0 saturated heterocycles. The van der Waals surface area contributed by atoms with Gasteiger partial charge in [0, 0.05) is 11.1 Å². The van der Waals surface area contributed by atoms with Gasteiger partial charge >= 0.3 is 11.9 Å². The minimum absolute atomic E-state index is 0.108. The maximum Gasteiger partial charge on any atom is 0.339 e. The van der Waals surface area contributed by atoms with Crippen LogP contribution in [0.15, 0.2) is 30.3 Å². The average molecular weight is 372 g/mol. The molecule has 0 unspecified atom stereocenters. The first-order valence-electron chi connectivity index (χ1n) is 8.78. The van der Waals surface area contributed by atoms with Crippen LogP contribution in [0.3, 0.4) is 0 Å². The van der Waals surface area contributed by atoms with Crippen molar-refractivity contribution in [3.05, 3.63) is 41.6 Å². The molecule has 1 aromatic carbocycles. The first-order valence-corrected chi connectivity index (χ1v) is 8.78. The number of pyridine rings is 1. The monoisotopic (exact) mass is 372 g/mol. The summed E-state index contributed by atoms with van der Waals surface area (Å²) in [6.07, 6.45) is 0.683. The molecule has 27 heavy (non-hydrogen) atoms. The Morgan fingerprint density at radius 1 is 1.22 bits per heavy atom. The summed E-state index contributed by atoms with van der Waals surface area (Å²) in [6.45, 7) is 5.03. The molecule has 2 aromatic rings. The molecule has 0 aliphatic heterocycles. The Balaban J connectivity index is 2.07. The fraction of sp³-hybridized carbons (Fsp3) is 0.400. The normalized spacial score (nSPS) is 12.9. The number of benzene rings is 1. The predicted molar refractivity (Wildman–Crippen MR) is 100 cm³/mol. The van der Waals surface area contributed by atoms with E-state index in [4.69, 9.17) is 9.47 Å². The van der Waals surface area contributed by atoms with Crippen molar-refractivity contribution in [2.24, 2.45) is 5.92 Å². The lowest BCUT2D eigenvalue weighted by molar-refractivity contribution is -0.147. The maximum absolute atomic E-state index is 12.5. The number of para-hydroxylation sites is 1. The number of nitrogens with zero attached hydrogens (tertiary/aromatic N) is 1. The van der Waals surface area contributed by atoms with Crippen LogP contribution in [0, 0.1) is 12.8 Å². The highest BCUT2D eigenvalue weighted by Crippen LogP contribution is 2.19. The van der Waals surface area contributed by atoms with Gasteiger partial charge in [-0.25, -0.2) is 9.59 Å². The van der Waals surface area contributed by atoms with Crippen LogP contribution in [0.4, 0.5) is 0 Å². The van der Waals surface area contributed by atoms with Gasteiger partial charge in [-0.15, -0.1) is 0 Å². The molecule has 144 valence electrons. The van der Waals surface area contributed by atoms with Gasteiger partial charge in [-0.2, -0.15) is 0 Å². The molecule has 7 nitrogen and oxygen atoms in total. The van der Waals surface area contributed by atoms with E-state index < -0.39 is 30.5 Å². The van der Waals surface area contributed by atoms with Crippen LogP contribution in [0.5, 0.6) is 0 Å². The van der Waals surface area contributed by atoms with Gasteiger partial charge in [0.15, 0.2) is 6.61 Å². The zero-order valence-electron chi connectivity index (χ0n) is 15.9. The summed E-state index contributed by atoms with van der Waals surface area (Å²) in [5, 5.41) is 3.22. The number of esters is 2. The quantitative estimate of drug-likeness (QED) is 0.750. The summed E-state index contributed by atoms with van der Waals surface area (Å²) in [4.78, 5) is 40.8. The van der Waals surface area contributed by atoms with Crippen molar-refractivity contribution in [1.82, 2.24) is 10.3 Å². The third-order valence-corrected chi connectivity index (χ3v) is 4.38. The number of fused-ring (bicyclic) bond motifs is 1. The van der Waals surface area contributed by atoms with E-state index in [9.17, 15) is 14.4 Å². The molecular formula is C20H24N2O5. The molecule has 0 aliphatic carbocycles. The van der Waals surface area contributed by atoms with Gasteiger partial charge in [0.2, 0.25) is 0 Å². The molecule has 1 heterocycles. The fourth-order valence-electron chi connectivity index (χ4n) is 2.70. The molecule has 1 amide bonds. The third-order valence-electron chi connectivity index (χ3n) is 4.38. The number of carbonyl (C=O) groups excluding carboxylic acids is 3. The number of hydrogen-bond acceptors (Lipinski definition) is 6. The number of ether oxygens (including phenoxy) is 2. The number of hydrogen-bond donors (Lipinski definition) is 1. The third kappa shape index (κ3) is 5.03. The Morgan fingerprint density at radius 3 is 2.59 bits per heavy atom. The summed E-state index contributed by atoms with van der Waals surface area (Å²) in [7, 11) is 1.26. The van der Waals surface area contributed by atoms with Gasteiger partial charge in [-0.1, -0.05) is 38.5 Å². The van der Waals surface area contributed by atoms with Gasteiger partial charge < -0.3 is 14.8 Å². The smallest absolute Gasteiger partial charge is 0.339 e. The van der Waals surface area contributed by atoms with Crippen molar-refractivity contribution in [3.63, 3.8) is 0 Å². The number of rotatable bonds is 7. The molecule has 0 spiro atoms. The summed E-state index contributed by atoms with van der Waals surface area (Å²) in [5.41, 5.74) is 1.70. The average Bonchev–Trinajstić information content (AvgIpc) is 2.68. The molecule has 0 saturated carbocycles. The molecule has 0 fully saturated rings. The molecule has 0 aliphatic rings. The second-order valence-electron chi connectivity index (χ2n) is 6.36. The number of carbonyl (C=O) groups is 3. The lowest BCUT2D eigenvalue weighted by Gasteiger charge is -2.21. The summed E-state index contributed by atoms with van der Waals surface area (Å²) < 4.78 is 9.87.